The van der Waals surface area contributed by atoms with E-state index < -0.39 is 0 Å². The van der Waals surface area contributed by atoms with Crippen molar-refractivity contribution in [3.05, 3.63) is 59.7 Å². The summed E-state index contributed by atoms with van der Waals surface area (Å²) < 4.78 is 5.06. The second-order valence-electron chi connectivity index (χ2n) is 6.99. The summed E-state index contributed by atoms with van der Waals surface area (Å²) in [7, 11) is 1.64. The van der Waals surface area contributed by atoms with Crippen molar-refractivity contribution < 1.29 is 9.53 Å². The number of amides is 1. The molecule has 144 valence electrons. The van der Waals surface area contributed by atoms with Gasteiger partial charge < -0.3 is 9.64 Å². The predicted molar refractivity (Wildman–Crippen MR) is 104 cm³/mol. The van der Waals surface area contributed by atoms with Crippen molar-refractivity contribution in [2.45, 2.75) is 45.5 Å². The number of aromatic nitrogens is 2. The number of nitrogens with zero attached hydrogens (tertiary/aromatic N) is 4. The fourth-order valence-electron chi connectivity index (χ4n) is 3.50. The summed E-state index contributed by atoms with van der Waals surface area (Å²) in [6, 6.07) is 10.4. The van der Waals surface area contributed by atoms with E-state index in [9.17, 15) is 4.79 Å². The molecule has 1 aromatic carbocycles. The zero-order chi connectivity index (χ0) is 19.1. The van der Waals surface area contributed by atoms with Gasteiger partial charge in [-0.25, -0.2) is 9.97 Å². The van der Waals surface area contributed by atoms with Crippen molar-refractivity contribution in [1.82, 2.24) is 19.8 Å². The Labute approximate surface area is 161 Å². The number of methoxy groups -OCH3 is 1. The molecule has 1 aliphatic rings. The van der Waals surface area contributed by atoms with Crippen LogP contribution in [0, 0.1) is 0 Å². The summed E-state index contributed by atoms with van der Waals surface area (Å²) in [5.41, 5.74) is 2.24. The molecule has 1 aromatic heterocycles. The Balaban J connectivity index is 1.66. The number of hydrogen-bond acceptors (Lipinski definition) is 5. The van der Waals surface area contributed by atoms with Crippen LogP contribution in [0.5, 0.6) is 0 Å². The van der Waals surface area contributed by atoms with Gasteiger partial charge >= 0.3 is 0 Å². The minimum Gasteiger partial charge on any atom is -0.377 e. The van der Waals surface area contributed by atoms with Crippen LogP contribution < -0.4 is 0 Å². The third-order valence-electron chi connectivity index (χ3n) is 4.98. The SMILES string of the molecule is CC[C@H]1CN(Cc2cnc(COC)nc2)CCC(=O)N1Cc1ccccc1. The van der Waals surface area contributed by atoms with Crippen LogP contribution in [0.25, 0.3) is 0 Å². The normalized spacial score (nSPS) is 18.5. The highest BCUT2D eigenvalue weighted by Crippen LogP contribution is 2.19. The Bertz CT molecular complexity index is 721. The molecular formula is C21H28N4O2. The van der Waals surface area contributed by atoms with Crippen LogP contribution >= 0.6 is 0 Å². The van der Waals surface area contributed by atoms with Gasteiger partial charge in [0.05, 0.1) is 0 Å². The lowest BCUT2D eigenvalue weighted by atomic mass is 10.1. The summed E-state index contributed by atoms with van der Waals surface area (Å²) in [4.78, 5) is 25.8. The molecular weight excluding hydrogens is 340 g/mol. The summed E-state index contributed by atoms with van der Waals surface area (Å²) >= 11 is 0. The second-order valence-corrected chi connectivity index (χ2v) is 6.99. The third kappa shape index (κ3) is 5.34. The molecule has 0 spiro atoms. The van der Waals surface area contributed by atoms with E-state index in [0.29, 0.717) is 25.4 Å². The lowest BCUT2D eigenvalue weighted by Gasteiger charge is -2.31. The molecule has 0 bridgehead atoms. The Hall–Kier alpha value is -2.31. The van der Waals surface area contributed by atoms with E-state index in [2.05, 4.69) is 33.9 Å². The fourth-order valence-corrected chi connectivity index (χ4v) is 3.50. The minimum absolute atomic E-state index is 0.217. The number of carbonyl (C=O) groups excluding carboxylic acids is 1. The monoisotopic (exact) mass is 368 g/mol. The summed E-state index contributed by atoms with van der Waals surface area (Å²) in [5, 5.41) is 0. The van der Waals surface area contributed by atoms with E-state index in [1.165, 1.54) is 5.56 Å². The molecule has 0 N–H and O–H groups in total. The first-order chi connectivity index (χ1) is 13.2. The molecule has 6 nitrogen and oxygen atoms in total. The molecule has 0 radical (unpaired) electrons. The fraction of sp³-hybridized carbons (Fsp3) is 0.476. The van der Waals surface area contributed by atoms with Crippen molar-refractivity contribution in [2.75, 3.05) is 20.2 Å². The highest BCUT2D eigenvalue weighted by atomic mass is 16.5. The third-order valence-corrected chi connectivity index (χ3v) is 4.98. The quantitative estimate of drug-likeness (QED) is 0.752. The van der Waals surface area contributed by atoms with Gasteiger partial charge in [-0.2, -0.15) is 0 Å². The summed E-state index contributed by atoms with van der Waals surface area (Å²) in [6.45, 7) is 5.65. The van der Waals surface area contributed by atoms with Gasteiger partial charge in [-0.3, -0.25) is 9.69 Å². The molecule has 3 rings (SSSR count). The molecule has 1 atom stereocenters. The van der Waals surface area contributed by atoms with E-state index in [4.69, 9.17) is 4.74 Å². The molecule has 0 aliphatic carbocycles. The van der Waals surface area contributed by atoms with E-state index in [1.54, 1.807) is 7.11 Å². The lowest BCUT2D eigenvalue weighted by molar-refractivity contribution is -0.133. The number of carbonyl (C=O) groups is 1. The van der Waals surface area contributed by atoms with Crippen LogP contribution in [0.3, 0.4) is 0 Å². The average molecular weight is 368 g/mol. The molecule has 1 amide bonds. The van der Waals surface area contributed by atoms with E-state index >= 15 is 0 Å². The van der Waals surface area contributed by atoms with E-state index in [1.807, 2.05) is 35.5 Å². The minimum atomic E-state index is 0.217. The standard InChI is InChI=1S/C21H28N4O2/c1-3-19-15-24(13-18-11-22-20(16-27-2)23-12-18)10-9-21(26)25(19)14-17-7-5-4-6-8-17/h4-8,11-12,19H,3,9-10,13-16H2,1-2H3/t19-/m0/s1. The smallest absolute Gasteiger partial charge is 0.224 e. The predicted octanol–water partition coefficient (Wildman–Crippen LogP) is 2.64. The number of ether oxygens (including phenoxy) is 1. The highest BCUT2D eigenvalue weighted by Gasteiger charge is 2.28. The van der Waals surface area contributed by atoms with Gasteiger partial charge in [0.1, 0.15) is 6.61 Å². The van der Waals surface area contributed by atoms with Crippen molar-refractivity contribution in [1.29, 1.82) is 0 Å². The van der Waals surface area contributed by atoms with Crippen LogP contribution in [0.4, 0.5) is 0 Å². The maximum absolute atomic E-state index is 12.8. The van der Waals surface area contributed by atoms with Crippen LogP contribution in [0.1, 0.15) is 36.7 Å². The van der Waals surface area contributed by atoms with Crippen LogP contribution in [0.15, 0.2) is 42.7 Å². The first kappa shape index (κ1) is 19.5. The van der Waals surface area contributed by atoms with Crippen LogP contribution in [0.2, 0.25) is 0 Å². The maximum atomic E-state index is 12.8. The zero-order valence-electron chi connectivity index (χ0n) is 16.2. The highest BCUT2D eigenvalue weighted by molar-refractivity contribution is 5.77. The van der Waals surface area contributed by atoms with E-state index in [0.717, 1.165) is 31.6 Å². The molecule has 1 saturated heterocycles. The zero-order valence-corrected chi connectivity index (χ0v) is 16.2. The van der Waals surface area contributed by atoms with E-state index in [-0.39, 0.29) is 11.9 Å². The molecule has 6 heteroatoms. The second kappa shape index (κ2) is 9.58. The molecule has 1 aliphatic heterocycles. The Kier molecular flexibility index (Phi) is 6.90. The van der Waals surface area contributed by atoms with Gasteiger partial charge in [-0.15, -0.1) is 0 Å². The van der Waals surface area contributed by atoms with Gasteiger partial charge in [0, 0.05) is 63.7 Å². The number of rotatable bonds is 7. The first-order valence-electron chi connectivity index (χ1n) is 9.54. The van der Waals surface area contributed by atoms with Gasteiger partial charge in [-0.05, 0) is 12.0 Å². The number of hydrogen-bond donors (Lipinski definition) is 0. The van der Waals surface area contributed by atoms with Crippen molar-refractivity contribution in [3.63, 3.8) is 0 Å². The topological polar surface area (TPSA) is 58.6 Å². The average Bonchev–Trinajstić information content (AvgIpc) is 2.84. The maximum Gasteiger partial charge on any atom is 0.224 e. The van der Waals surface area contributed by atoms with Gasteiger partial charge in [0.25, 0.3) is 0 Å². The Morgan fingerprint density at radius 2 is 1.85 bits per heavy atom. The van der Waals surface area contributed by atoms with Crippen molar-refractivity contribution in [2.24, 2.45) is 0 Å². The molecule has 0 saturated carbocycles. The van der Waals surface area contributed by atoms with Gasteiger partial charge in [0.2, 0.25) is 5.91 Å². The van der Waals surface area contributed by atoms with Crippen LogP contribution in [-0.4, -0.2) is 51.9 Å². The van der Waals surface area contributed by atoms with Crippen LogP contribution in [-0.2, 0) is 29.2 Å². The molecule has 1 fully saturated rings. The Morgan fingerprint density at radius 1 is 1.11 bits per heavy atom. The van der Waals surface area contributed by atoms with Gasteiger partial charge in [-0.1, -0.05) is 37.3 Å². The lowest BCUT2D eigenvalue weighted by Crippen LogP contribution is -2.42. The largest absolute Gasteiger partial charge is 0.377 e. The first-order valence-corrected chi connectivity index (χ1v) is 9.54. The molecule has 0 unspecified atom stereocenters. The Morgan fingerprint density at radius 3 is 2.52 bits per heavy atom. The summed E-state index contributed by atoms with van der Waals surface area (Å²) in [5.74, 6) is 0.924. The number of benzene rings is 1. The molecule has 27 heavy (non-hydrogen) atoms. The molecule has 2 aromatic rings. The van der Waals surface area contributed by atoms with Crippen molar-refractivity contribution >= 4 is 5.91 Å². The van der Waals surface area contributed by atoms with Crippen molar-refractivity contribution in [3.8, 4) is 0 Å². The summed E-state index contributed by atoms with van der Waals surface area (Å²) in [6.07, 6.45) is 5.21. The van der Waals surface area contributed by atoms with Gasteiger partial charge in [0.15, 0.2) is 5.82 Å². The molecule has 2 heterocycles.